The van der Waals surface area contributed by atoms with E-state index in [-0.39, 0.29) is 22.9 Å². The summed E-state index contributed by atoms with van der Waals surface area (Å²) in [5.41, 5.74) is 0.787. The van der Waals surface area contributed by atoms with Crippen LogP contribution in [0.25, 0.3) is 0 Å². The summed E-state index contributed by atoms with van der Waals surface area (Å²) in [7, 11) is 0. The van der Waals surface area contributed by atoms with Crippen LogP contribution < -0.4 is 10.1 Å². The summed E-state index contributed by atoms with van der Waals surface area (Å²) < 4.78 is 10.7. The van der Waals surface area contributed by atoms with Gasteiger partial charge in [0.15, 0.2) is 6.61 Å². The van der Waals surface area contributed by atoms with Crippen molar-refractivity contribution in [3.63, 3.8) is 0 Å². The Bertz CT molecular complexity index is 1160. The van der Waals surface area contributed by atoms with Crippen molar-refractivity contribution >= 4 is 46.2 Å². The number of para-hydroxylation sites is 1. The van der Waals surface area contributed by atoms with E-state index in [1.54, 1.807) is 44.2 Å². The second-order valence-corrected chi connectivity index (χ2v) is 8.14. The Morgan fingerprint density at radius 1 is 1.19 bits per heavy atom. The van der Waals surface area contributed by atoms with Crippen LogP contribution in [-0.2, 0) is 16.1 Å². The number of nitrogens with zero attached hydrogens (tertiary/aromatic N) is 2. The van der Waals surface area contributed by atoms with Gasteiger partial charge in [-0.3, -0.25) is 14.9 Å². The van der Waals surface area contributed by atoms with E-state index in [2.05, 4.69) is 10.3 Å². The molecule has 0 radical (unpaired) electrons. The van der Waals surface area contributed by atoms with Crippen LogP contribution in [0.15, 0.2) is 42.5 Å². The first-order valence-corrected chi connectivity index (χ1v) is 10.5. The van der Waals surface area contributed by atoms with E-state index >= 15 is 0 Å². The smallest absolute Gasteiger partial charge is 0.350 e. The average Bonchev–Trinajstić information content (AvgIpc) is 3.13. The van der Waals surface area contributed by atoms with Crippen molar-refractivity contribution in [2.75, 3.05) is 11.9 Å². The molecule has 0 unspecified atom stereocenters. The topological polar surface area (TPSA) is 121 Å². The minimum absolute atomic E-state index is 0.0640. The molecule has 166 valence electrons. The Morgan fingerprint density at radius 2 is 1.91 bits per heavy atom. The van der Waals surface area contributed by atoms with Gasteiger partial charge in [0, 0.05) is 11.1 Å². The minimum atomic E-state index is -0.716. The Morgan fingerprint density at radius 3 is 2.59 bits per heavy atom. The quantitative estimate of drug-likeness (QED) is 0.285. The van der Waals surface area contributed by atoms with E-state index in [1.807, 2.05) is 0 Å². The molecule has 0 bridgehead atoms. The van der Waals surface area contributed by atoms with Crippen LogP contribution >= 0.6 is 22.9 Å². The molecule has 0 aliphatic heterocycles. The van der Waals surface area contributed by atoms with Gasteiger partial charge in [0.1, 0.15) is 27.9 Å². The van der Waals surface area contributed by atoms with E-state index < -0.39 is 23.4 Å². The number of hydrogen-bond acceptors (Lipinski definition) is 8. The predicted octanol–water partition coefficient (Wildman–Crippen LogP) is 4.70. The zero-order valence-corrected chi connectivity index (χ0v) is 18.7. The van der Waals surface area contributed by atoms with Crippen LogP contribution in [0.1, 0.15) is 25.9 Å². The zero-order chi connectivity index (χ0) is 23.3. The largest absolute Gasteiger partial charge is 0.486 e. The van der Waals surface area contributed by atoms with Crippen LogP contribution in [0.3, 0.4) is 0 Å². The predicted molar refractivity (Wildman–Crippen MR) is 119 cm³/mol. The molecule has 0 spiro atoms. The van der Waals surface area contributed by atoms with Crippen molar-refractivity contribution in [3.8, 4) is 5.75 Å². The normalized spacial score (nSPS) is 10.5. The number of carbonyl (C=O) groups excluding carboxylic acids is 2. The summed E-state index contributed by atoms with van der Waals surface area (Å²) in [4.78, 5) is 39.7. The lowest BCUT2D eigenvalue weighted by Crippen LogP contribution is -2.21. The highest BCUT2D eigenvalue weighted by Gasteiger charge is 2.21. The summed E-state index contributed by atoms with van der Waals surface area (Å²) >= 11 is 6.94. The number of carbonyl (C=O) groups is 2. The maximum Gasteiger partial charge on any atom is 0.350 e. The van der Waals surface area contributed by atoms with Crippen molar-refractivity contribution in [1.29, 1.82) is 0 Å². The summed E-state index contributed by atoms with van der Waals surface area (Å²) in [6.45, 7) is 2.83. The molecule has 32 heavy (non-hydrogen) atoms. The summed E-state index contributed by atoms with van der Waals surface area (Å²) in [6, 6.07) is 11.3. The van der Waals surface area contributed by atoms with E-state index in [9.17, 15) is 19.7 Å². The van der Waals surface area contributed by atoms with Crippen molar-refractivity contribution in [2.45, 2.75) is 20.5 Å². The van der Waals surface area contributed by atoms with Crippen molar-refractivity contribution < 1.29 is 24.0 Å². The number of rotatable bonds is 8. The Hall–Kier alpha value is -3.50. The van der Waals surface area contributed by atoms with Gasteiger partial charge in [-0.1, -0.05) is 23.7 Å². The van der Waals surface area contributed by atoms with Crippen LogP contribution in [0.4, 0.5) is 11.4 Å². The summed E-state index contributed by atoms with van der Waals surface area (Å²) in [6.07, 6.45) is 0. The van der Waals surface area contributed by atoms with Crippen molar-refractivity contribution in [1.82, 2.24) is 4.98 Å². The molecular formula is C21H18ClN3O6S. The third-order valence-electron chi connectivity index (χ3n) is 4.25. The van der Waals surface area contributed by atoms with Gasteiger partial charge in [0.25, 0.3) is 11.6 Å². The van der Waals surface area contributed by atoms with E-state index in [0.29, 0.717) is 27.0 Å². The zero-order valence-electron chi connectivity index (χ0n) is 17.1. The monoisotopic (exact) mass is 475 g/mol. The van der Waals surface area contributed by atoms with Crippen LogP contribution in [0.5, 0.6) is 5.75 Å². The second kappa shape index (κ2) is 10.2. The SMILES string of the molecule is Cc1cccc([N+](=O)[O-])c1NC(=O)COC(=O)c1sc(COc2ccc(Cl)cc2)nc1C. The molecule has 0 aliphatic carbocycles. The number of ether oxygens (including phenoxy) is 2. The number of aromatic nitrogens is 1. The van der Waals surface area contributed by atoms with Gasteiger partial charge in [0.2, 0.25) is 0 Å². The van der Waals surface area contributed by atoms with Crippen molar-refractivity contribution in [3.05, 3.63) is 78.7 Å². The first-order chi connectivity index (χ1) is 15.2. The number of thiazole rings is 1. The van der Waals surface area contributed by atoms with Crippen molar-refractivity contribution in [2.24, 2.45) is 0 Å². The Balaban J connectivity index is 1.58. The van der Waals surface area contributed by atoms with Gasteiger partial charge in [-0.2, -0.15) is 0 Å². The minimum Gasteiger partial charge on any atom is -0.486 e. The molecule has 1 aromatic heterocycles. The number of amides is 1. The highest BCUT2D eigenvalue weighted by molar-refractivity contribution is 7.13. The number of esters is 1. The molecule has 2 aromatic carbocycles. The van der Waals surface area contributed by atoms with Gasteiger partial charge >= 0.3 is 5.97 Å². The lowest BCUT2D eigenvalue weighted by atomic mass is 10.1. The fraction of sp³-hybridized carbons (Fsp3) is 0.190. The first kappa shape index (κ1) is 23.2. The Kier molecular flexibility index (Phi) is 7.39. The van der Waals surface area contributed by atoms with Gasteiger partial charge in [-0.15, -0.1) is 11.3 Å². The maximum atomic E-state index is 12.4. The number of hydrogen-bond donors (Lipinski definition) is 1. The maximum absolute atomic E-state index is 12.4. The van der Waals surface area contributed by atoms with Gasteiger partial charge < -0.3 is 14.8 Å². The van der Waals surface area contributed by atoms with Gasteiger partial charge in [-0.25, -0.2) is 9.78 Å². The lowest BCUT2D eigenvalue weighted by molar-refractivity contribution is -0.384. The summed E-state index contributed by atoms with van der Waals surface area (Å²) in [5, 5.41) is 14.7. The van der Waals surface area contributed by atoms with Gasteiger partial charge in [0.05, 0.1) is 10.6 Å². The van der Waals surface area contributed by atoms with Crippen LogP contribution in [0.2, 0.25) is 5.02 Å². The standard InChI is InChI=1S/C21H18ClN3O6S/c1-12-4-3-5-16(25(28)29)19(12)24-17(26)10-31-21(27)20-13(2)23-18(32-20)11-30-15-8-6-14(22)7-9-15/h3-9H,10-11H2,1-2H3,(H,24,26). The molecule has 1 heterocycles. The first-order valence-electron chi connectivity index (χ1n) is 9.30. The number of anilines is 1. The molecule has 11 heteroatoms. The number of benzene rings is 2. The number of halogens is 1. The highest BCUT2D eigenvalue weighted by atomic mass is 35.5. The molecule has 0 aliphatic rings. The molecule has 0 saturated carbocycles. The van der Waals surface area contributed by atoms with Gasteiger partial charge in [-0.05, 0) is 43.7 Å². The molecule has 0 saturated heterocycles. The Labute approximate surface area is 192 Å². The fourth-order valence-corrected chi connectivity index (χ4v) is 3.72. The lowest BCUT2D eigenvalue weighted by Gasteiger charge is -2.09. The summed E-state index contributed by atoms with van der Waals surface area (Å²) in [5.74, 6) is -0.801. The van der Waals surface area contributed by atoms with E-state index in [1.165, 1.54) is 12.1 Å². The molecule has 0 atom stereocenters. The fourth-order valence-electron chi connectivity index (χ4n) is 2.72. The van der Waals surface area contributed by atoms with Crippen LogP contribution in [0, 0.1) is 24.0 Å². The number of nitro groups is 1. The third-order valence-corrected chi connectivity index (χ3v) is 5.61. The number of nitrogens with one attached hydrogen (secondary N) is 1. The number of nitro benzene ring substituents is 1. The van der Waals surface area contributed by atoms with Crippen LogP contribution in [-0.4, -0.2) is 28.4 Å². The second-order valence-electron chi connectivity index (χ2n) is 6.62. The molecule has 3 aromatic rings. The number of aryl methyl sites for hydroxylation is 2. The third kappa shape index (κ3) is 5.80. The molecule has 1 N–H and O–H groups in total. The molecule has 1 amide bonds. The highest BCUT2D eigenvalue weighted by Crippen LogP contribution is 2.27. The molecule has 0 fully saturated rings. The molecule has 9 nitrogen and oxygen atoms in total. The molecular weight excluding hydrogens is 458 g/mol. The average molecular weight is 476 g/mol. The van der Waals surface area contributed by atoms with E-state index in [4.69, 9.17) is 21.1 Å². The van der Waals surface area contributed by atoms with E-state index in [0.717, 1.165) is 11.3 Å². The molecule has 3 rings (SSSR count).